The van der Waals surface area contributed by atoms with Crippen LogP contribution in [0.5, 0.6) is 11.5 Å². The number of benzene rings is 2. The summed E-state index contributed by atoms with van der Waals surface area (Å²) in [6.07, 6.45) is 0. The largest absolute Gasteiger partial charge is 0.495 e. The molecule has 5 heteroatoms. The summed E-state index contributed by atoms with van der Waals surface area (Å²) in [7, 11) is -2.47. The maximum atomic E-state index is 12.1. The van der Waals surface area contributed by atoms with Crippen molar-refractivity contribution in [2.75, 3.05) is 7.11 Å². The molecule has 0 aliphatic heterocycles. The highest BCUT2D eigenvalue weighted by Gasteiger charge is 2.21. The molecule has 0 N–H and O–H groups in total. The molecule has 0 fully saturated rings. The van der Waals surface area contributed by atoms with Crippen LogP contribution in [0.25, 0.3) is 0 Å². The first-order valence-corrected chi connectivity index (χ1v) is 6.67. The average Bonchev–Trinajstić information content (AvgIpc) is 2.39. The van der Waals surface area contributed by atoms with Gasteiger partial charge in [-0.25, -0.2) is 0 Å². The van der Waals surface area contributed by atoms with Gasteiger partial charge in [-0.3, -0.25) is 0 Å². The van der Waals surface area contributed by atoms with Crippen LogP contribution in [0.15, 0.2) is 59.5 Å². The molecule has 0 aliphatic carbocycles. The summed E-state index contributed by atoms with van der Waals surface area (Å²) in [5.74, 6) is 0.525. The monoisotopic (exact) mass is 264 g/mol. The van der Waals surface area contributed by atoms with E-state index in [0.717, 1.165) is 0 Å². The lowest BCUT2D eigenvalue weighted by molar-refractivity contribution is 0.398. The summed E-state index contributed by atoms with van der Waals surface area (Å²) in [6, 6.07) is 14.7. The van der Waals surface area contributed by atoms with Crippen molar-refractivity contribution < 1.29 is 17.3 Å². The fourth-order valence-electron chi connectivity index (χ4n) is 1.47. The van der Waals surface area contributed by atoms with Crippen molar-refractivity contribution >= 4 is 10.1 Å². The van der Waals surface area contributed by atoms with Gasteiger partial charge in [-0.15, -0.1) is 0 Å². The minimum Gasteiger partial charge on any atom is -0.495 e. The van der Waals surface area contributed by atoms with E-state index in [-0.39, 0.29) is 16.4 Å². The van der Waals surface area contributed by atoms with Crippen LogP contribution in [-0.2, 0) is 10.1 Å². The molecule has 2 aromatic rings. The molecule has 2 aromatic carbocycles. The third kappa shape index (κ3) is 2.62. The number of ether oxygens (including phenoxy) is 1. The van der Waals surface area contributed by atoms with E-state index in [4.69, 9.17) is 8.92 Å². The van der Waals surface area contributed by atoms with Crippen molar-refractivity contribution in [3.63, 3.8) is 0 Å². The number of rotatable bonds is 4. The second-order valence-electron chi connectivity index (χ2n) is 3.50. The zero-order valence-electron chi connectivity index (χ0n) is 9.74. The van der Waals surface area contributed by atoms with E-state index >= 15 is 0 Å². The summed E-state index contributed by atoms with van der Waals surface area (Å²) in [4.78, 5) is 0.0105. The molecule has 0 spiro atoms. The maximum absolute atomic E-state index is 12.1. The molecular formula is C13H12O4S. The zero-order valence-corrected chi connectivity index (χ0v) is 10.6. The van der Waals surface area contributed by atoms with Crippen LogP contribution in [0.2, 0.25) is 0 Å². The molecule has 0 amide bonds. The van der Waals surface area contributed by atoms with E-state index in [1.165, 1.54) is 13.2 Å². The maximum Gasteiger partial charge on any atom is 0.342 e. The fraction of sp³-hybridized carbons (Fsp3) is 0.0769. The first-order valence-electron chi connectivity index (χ1n) is 5.26. The molecule has 0 saturated carbocycles. The number of hydrogen-bond donors (Lipinski definition) is 0. The van der Waals surface area contributed by atoms with Gasteiger partial charge in [0.05, 0.1) is 7.11 Å². The summed E-state index contributed by atoms with van der Waals surface area (Å²) in [5, 5.41) is 0. The Morgan fingerprint density at radius 1 is 0.889 bits per heavy atom. The Morgan fingerprint density at radius 3 is 2.17 bits per heavy atom. The molecule has 0 radical (unpaired) electrons. The first kappa shape index (κ1) is 12.4. The van der Waals surface area contributed by atoms with Gasteiger partial charge in [0, 0.05) is 0 Å². The van der Waals surface area contributed by atoms with Gasteiger partial charge < -0.3 is 8.92 Å². The zero-order chi connectivity index (χ0) is 13.0. The summed E-state index contributed by atoms with van der Waals surface area (Å²) < 4.78 is 34.2. The van der Waals surface area contributed by atoms with E-state index in [0.29, 0.717) is 0 Å². The quantitative estimate of drug-likeness (QED) is 0.796. The lowest BCUT2D eigenvalue weighted by atomic mass is 10.3. The highest BCUT2D eigenvalue weighted by Crippen LogP contribution is 2.26. The molecule has 0 aromatic heterocycles. The molecule has 0 heterocycles. The molecule has 0 saturated heterocycles. The molecule has 0 atom stereocenters. The molecule has 0 bridgehead atoms. The fourth-order valence-corrected chi connectivity index (χ4v) is 2.57. The van der Waals surface area contributed by atoms with Gasteiger partial charge in [0.25, 0.3) is 0 Å². The first-order chi connectivity index (χ1) is 8.63. The smallest absolute Gasteiger partial charge is 0.342 e. The van der Waals surface area contributed by atoms with E-state index in [9.17, 15) is 8.42 Å². The third-order valence-electron chi connectivity index (χ3n) is 2.29. The molecule has 4 nitrogen and oxygen atoms in total. The Kier molecular flexibility index (Phi) is 3.53. The van der Waals surface area contributed by atoms with E-state index in [2.05, 4.69) is 0 Å². The Labute approximate surface area is 106 Å². The Balaban J connectivity index is 2.37. The third-order valence-corrected chi connectivity index (χ3v) is 3.58. The number of hydrogen-bond acceptors (Lipinski definition) is 4. The van der Waals surface area contributed by atoms with Crippen molar-refractivity contribution in [2.45, 2.75) is 4.90 Å². The van der Waals surface area contributed by atoms with Crippen LogP contribution >= 0.6 is 0 Å². The van der Waals surface area contributed by atoms with E-state index in [1.807, 2.05) is 0 Å². The lowest BCUT2D eigenvalue weighted by Crippen LogP contribution is -2.10. The van der Waals surface area contributed by atoms with E-state index in [1.54, 1.807) is 48.5 Å². The predicted molar refractivity (Wildman–Crippen MR) is 67.2 cm³/mol. The second kappa shape index (κ2) is 5.10. The van der Waals surface area contributed by atoms with Gasteiger partial charge in [0.1, 0.15) is 16.4 Å². The average molecular weight is 264 g/mol. The normalized spacial score (nSPS) is 10.9. The van der Waals surface area contributed by atoms with Gasteiger partial charge in [-0.05, 0) is 24.3 Å². The van der Waals surface area contributed by atoms with Crippen LogP contribution in [0.4, 0.5) is 0 Å². The molecule has 0 unspecified atom stereocenters. The van der Waals surface area contributed by atoms with E-state index < -0.39 is 10.1 Å². The van der Waals surface area contributed by atoms with Crippen LogP contribution in [-0.4, -0.2) is 15.5 Å². The summed E-state index contributed by atoms with van der Waals surface area (Å²) in [6.45, 7) is 0. The summed E-state index contributed by atoms with van der Waals surface area (Å²) in [5.41, 5.74) is 0. The predicted octanol–water partition coefficient (Wildman–Crippen LogP) is 2.46. The lowest BCUT2D eigenvalue weighted by Gasteiger charge is -2.10. The van der Waals surface area contributed by atoms with Gasteiger partial charge in [0.2, 0.25) is 0 Å². The topological polar surface area (TPSA) is 52.6 Å². The van der Waals surface area contributed by atoms with Gasteiger partial charge in [-0.2, -0.15) is 8.42 Å². The number of methoxy groups -OCH3 is 1. The molecular weight excluding hydrogens is 252 g/mol. The van der Waals surface area contributed by atoms with Crippen LogP contribution < -0.4 is 8.92 Å². The highest BCUT2D eigenvalue weighted by atomic mass is 32.2. The molecule has 94 valence electrons. The van der Waals surface area contributed by atoms with Gasteiger partial charge >= 0.3 is 10.1 Å². The molecule has 2 rings (SSSR count). The molecule has 0 aliphatic rings. The molecule has 18 heavy (non-hydrogen) atoms. The Morgan fingerprint density at radius 2 is 1.50 bits per heavy atom. The second-order valence-corrected chi connectivity index (χ2v) is 5.02. The highest BCUT2D eigenvalue weighted by molar-refractivity contribution is 7.87. The van der Waals surface area contributed by atoms with Gasteiger partial charge in [-0.1, -0.05) is 30.3 Å². The Hall–Kier alpha value is -2.01. The van der Waals surface area contributed by atoms with Crippen molar-refractivity contribution in [1.29, 1.82) is 0 Å². The van der Waals surface area contributed by atoms with Crippen molar-refractivity contribution in [1.82, 2.24) is 0 Å². The van der Waals surface area contributed by atoms with Crippen molar-refractivity contribution in [3.05, 3.63) is 54.6 Å². The minimum absolute atomic E-state index is 0.0105. The van der Waals surface area contributed by atoms with Crippen molar-refractivity contribution in [2.24, 2.45) is 0 Å². The SMILES string of the molecule is COc1ccccc1S(=O)(=O)Oc1ccccc1. The summed E-state index contributed by atoms with van der Waals surface area (Å²) >= 11 is 0. The Bertz CT molecular complexity index is 620. The standard InChI is InChI=1S/C13H12O4S/c1-16-12-9-5-6-10-13(12)18(14,15)17-11-7-3-2-4-8-11/h2-10H,1H3. The van der Waals surface area contributed by atoms with Crippen molar-refractivity contribution in [3.8, 4) is 11.5 Å². The number of para-hydroxylation sites is 2. The van der Waals surface area contributed by atoms with Gasteiger partial charge in [0.15, 0.2) is 0 Å². The van der Waals surface area contributed by atoms with Crippen LogP contribution in [0.3, 0.4) is 0 Å². The van der Waals surface area contributed by atoms with Crippen LogP contribution in [0, 0.1) is 0 Å². The minimum atomic E-state index is -3.88. The van der Waals surface area contributed by atoms with Crippen LogP contribution in [0.1, 0.15) is 0 Å².